The third-order valence-electron chi connectivity index (χ3n) is 4.67. The molecular weight excluding hydrogens is 442 g/mol. The molecule has 0 spiro atoms. The van der Waals surface area contributed by atoms with E-state index in [1.54, 1.807) is 12.1 Å². The molecule has 0 atom stereocenters. The second-order valence-electron chi connectivity index (χ2n) is 7.42. The van der Waals surface area contributed by atoms with Crippen LogP contribution < -0.4 is 25.4 Å². The van der Waals surface area contributed by atoms with Gasteiger partial charge in [-0.05, 0) is 61.0 Å². The summed E-state index contributed by atoms with van der Waals surface area (Å²) < 4.78 is 11.1. The monoisotopic (exact) mass is 467 g/mol. The van der Waals surface area contributed by atoms with Gasteiger partial charge in [-0.1, -0.05) is 29.3 Å². The number of carbonyl (C=O) groups is 2. The number of hydrogen-bond donors (Lipinski definition) is 3. The van der Waals surface area contributed by atoms with Gasteiger partial charge in [-0.3, -0.25) is 9.59 Å². The molecule has 0 aliphatic rings. The van der Waals surface area contributed by atoms with E-state index in [2.05, 4.69) is 16.0 Å². The summed E-state index contributed by atoms with van der Waals surface area (Å²) in [6.07, 6.45) is 0. The lowest BCUT2D eigenvalue weighted by Gasteiger charge is -2.15. The molecule has 3 rings (SSSR count). The van der Waals surface area contributed by atoms with Crippen molar-refractivity contribution in [2.75, 3.05) is 29.7 Å². The first-order chi connectivity index (χ1) is 15.8. The molecule has 0 heterocycles. The molecule has 0 unspecified atom stereocenters. The number of halogens is 1. The molecule has 0 bridgehead atoms. The molecule has 0 radical (unpaired) electrons. The first-order valence-corrected chi connectivity index (χ1v) is 10.7. The second kappa shape index (κ2) is 11.2. The third kappa shape index (κ3) is 7.15. The van der Waals surface area contributed by atoms with Crippen molar-refractivity contribution in [3.63, 3.8) is 0 Å². The van der Waals surface area contributed by atoms with Crippen LogP contribution in [-0.4, -0.2) is 25.5 Å². The number of amides is 2. The lowest BCUT2D eigenvalue weighted by atomic mass is 10.2. The Kier molecular flexibility index (Phi) is 8.16. The Labute approximate surface area is 198 Å². The number of ether oxygens (including phenoxy) is 2. The fraction of sp³-hybridized carbons (Fsp3) is 0.200. The van der Waals surface area contributed by atoms with Crippen LogP contribution >= 0.6 is 11.6 Å². The maximum Gasteiger partial charge on any atom is 0.262 e. The largest absolute Gasteiger partial charge is 0.493 e. The van der Waals surface area contributed by atoms with Crippen molar-refractivity contribution in [1.82, 2.24) is 0 Å². The topological polar surface area (TPSA) is 88.7 Å². The summed E-state index contributed by atoms with van der Waals surface area (Å²) in [5.74, 6) is 0.322. The van der Waals surface area contributed by atoms with Crippen molar-refractivity contribution in [2.45, 2.75) is 20.4 Å². The minimum absolute atomic E-state index is 0.118. The Morgan fingerprint density at radius 2 is 1.52 bits per heavy atom. The SMILES string of the molecule is COc1cc(CNc2ccc(NC(C)=O)cc2)cc(Cl)c1OCC(=O)Nc1ccc(C)cc1. The van der Waals surface area contributed by atoms with E-state index in [-0.39, 0.29) is 18.4 Å². The molecule has 0 saturated carbocycles. The summed E-state index contributed by atoms with van der Waals surface area (Å²) in [4.78, 5) is 23.4. The Bertz CT molecular complexity index is 1120. The van der Waals surface area contributed by atoms with E-state index in [1.807, 2.05) is 55.5 Å². The average molecular weight is 468 g/mol. The van der Waals surface area contributed by atoms with Crippen LogP contribution in [0.2, 0.25) is 5.02 Å². The molecule has 3 aromatic carbocycles. The minimum Gasteiger partial charge on any atom is -0.493 e. The van der Waals surface area contributed by atoms with Crippen LogP contribution in [0.1, 0.15) is 18.1 Å². The molecule has 0 aliphatic carbocycles. The van der Waals surface area contributed by atoms with Gasteiger partial charge in [-0.15, -0.1) is 0 Å². The quantitative estimate of drug-likeness (QED) is 0.400. The number of benzene rings is 3. The number of aryl methyl sites for hydroxylation is 1. The summed E-state index contributed by atoms with van der Waals surface area (Å²) in [6, 6.07) is 18.4. The van der Waals surface area contributed by atoms with Gasteiger partial charge in [0.25, 0.3) is 5.91 Å². The van der Waals surface area contributed by atoms with Gasteiger partial charge in [0, 0.05) is 30.5 Å². The van der Waals surface area contributed by atoms with E-state index in [9.17, 15) is 9.59 Å². The summed E-state index contributed by atoms with van der Waals surface area (Å²) in [6.45, 7) is 3.73. The van der Waals surface area contributed by atoms with Crippen molar-refractivity contribution >= 4 is 40.5 Å². The highest BCUT2D eigenvalue weighted by molar-refractivity contribution is 6.32. The predicted octanol–water partition coefficient (Wildman–Crippen LogP) is 5.25. The fourth-order valence-corrected chi connectivity index (χ4v) is 3.35. The molecule has 0 saturated heterocycles. The summed E-state index contributed by atoms with van der Waals surface area (Å²) >= 11 is 6.42. The molecule has 172 valence electrons. The average Bonchev–Trinajstić information content (AvgIpc) is 2.78. The summed E-state index contributed by atoms with van der Waals surface area (Å²) in [7, 11) is 1.52. The molecule has 2 amide bonds. The van der Waals surface area contributed by atoms with Gasteiger partial charge in [-0.2, -0.15) is 0 Å². The van der Waals surface area contributed by atoms with Gasteiger partial charge in [0.2, 0.25) is 5.91 Å². The lowest BCUT2D eigenvalue weighted by Crippen LogP contribution is -2.20. The van der Waals surface area contributed by atoms with Crippen LogP contribution in [0.3, 0.4) is 0 Å². The van der Waals surface area contributed by atoms with Gasteiger partial charge < -0.3 is 25.4 Å². The third-order valence-corrected chi connectivity index (χ3v) is 4.95. The Morgan fingerprint density at radius 3 is 2.15 bits per heavy atom. The molecule has 8 heteroatoms. The number of methoxy groups -OCH3 is 1. The van der Waals surface area contributed by atoms with Crippen molar-refractivity contribution in [1.29, 1.82) is 0 Å². The van der Waals surface area contributed by atoms with Gasteiger partial charge >= 0.3 is 0 Å². The van der Waals surface area contributed by atoms with Gasteiger partial charge in [-0.25, -0.2) is 0 Å². The van der Waals surface area contributed by atoms with Crippen LogP contribution in [-0.2, 0) is 16.1 Å². The fourth-order valence-electron chi connectivity index (χ4n) is 3.07. The summed E-state index contributed by atoms with van der Waals surface area (Å²) in [5.41, 5.74) is 4.29. The summed E-state index contributed by atoms with van der Waals surface area (Å²) in [5, 5.41) is 9.14. The molecule has 0 aliphatic heterocycles. The van der Waals surface area contributed by atoms with Crippen LogP contribution in [0.4, 0.5) is 17.1 Å². The van der Waals surface area contributed by atoms with E-state index < -0.39 is 0 Å². The highest BCUT2D eigenvalue weighted by Crippen LogP contribution is 2.36. The number of nitrogens with one attached hydrogen (secondary N) is 3. The van der Waals surface area contributed by atoms with E-state index in [4.69, 9.17) is 21.1 Å². The second-order valence-corrected chi connectivity index (χ2v) is 7.83. The Hall–Kier alpha value is -3.71. The Morgan fingerprint density at radius 1 is 0.909 bits per heavy atom. The lowest BCUT2D eigenvalue weighted by molar-refractivity contribution is -0.118. The minimum atomic E-state index is -0.301. The molecule has 33 heavy (non-hydrogen) atoms. The number of carbonyl (C=O) groups excluding carboxylic acids is 2. The highest BCUT2D eigenvalue weighted by atomic mass is 35.5. The number of rotatable bonds is 9. The first kappa shape index (κ1) is 23.9. The molecule has 0 fully saturated rings. The van der Waals surface area contributed by atoms with Crippen LogP contribution in [0.5, 0.6) is 11.5 Å². The van der Waals surface area contributed by atoms with Gasteiger partial charge in [0.05, 0.1) is 12.1 Å². The molecule has 3 aromatic rings. The molecule has 0 aromatic heterocycles. The van der Waals surface area contributed by atoms with Gasteiger partial charge in [0.15, 0.2) is 18.1 Å². The standard InChI is InChI=1S/C25H26ClN3O4/c1-16-4-6-21(7-5-16)29-24(31)15-33-25-22(26)12-18(13-23(25)32-3)14-27-19-8-10-20(11-9-19)28-17(2)30/h4-13,27H,14-15H2,1-3H3,(H,28,30)(H,29,31). The number of hydrogen-bond acceptors (Lipinski definition) is 5. The van der Waals surface area contributed by atoms with Crippen molar-refractivity contribution < 1.29 is 19.1 Å². The molecule has 7 nitrogen and oxygen atoms in total. The van der Waals surface area contributed by atoms with E-state index >= 15 is 0 Å². The van der Waals surface area contributed by atoms with Crippen molar-refractivity contribution in [3.8, 4) is 11.5 Å². The van der Waals surface area contributed by atoms with Crippen LogP contribution in [0.25, 0.3) is 0 Å². The normalized spacial score (nSPS) is 10.3. The molecule has 3 N–H and O–H groups in total. The van der Waals surface area contributed by atoms with Crippen LogP contribution in [0, 0.1) is 6.92 Å². The predicted molar refractivity (Wildman–Crippen MR) is 131 cm³/mol. The van der Waals surface area contributed by atoms with E-state index in [0.29, 0.717) is 28.8 Å². The van der Waals surface area contributed by atoms with Crippen molar-refractivity contribution in [3.05, 3.63) is 76.8 Å². The van der Waals surface area contributed by atoms with Crippen LogP contribution in [0.15, 0.2) is 60.7 Å². The smallest absolute Gasteiger partial charge is 0.262 e. The van der Waals surface area contributed by atoms with Gasteiger partial charge in [0.1, 0.15) is 0 Å². The highest BCUT2D eigenvalue weighted by Gasteiger charge is 2.14. The number of anilines is 3. The maximum absolute atomic E-state index is 12.2. The van der Waals surface area contributed by atoms with E-state index in [0.717, 1.165) is 22.5 Å². The Balaban J connectivity index is 1.60. The zero-order valence-electron chi connectivity index (χ0n) is 18.7. The van der Waals surface area contributed by atoms with Crippen molar-refractivity contribution in [2.24, 2.45) is 0 Å². The van der Waals surface area contributed by atoms with E-state index in [1.165, 1.54) is 14.0 Å². The zero-order valence-corrected chi connectivity index (χ0v) is 19.5. The molecular formula is C25H26ClN3O4. The maximum atomic E-state index is 12.2. The first-order valence-electron chi connectivity index (χ1n) is 10.3. The zero-order chi connectivity index (χ0) is 23.8.